The summed E-state index contributed by atoms with van der Waals surface area (Å²) in [6.07, 6.45) is 1.12. The lowest BCUT2D eigenvalue weighted by Gasteiger charge is -2.27. The highest BCUT2D eigenvalue weighted by molar-refractivity contribution is 5.27. The van der Waals surface area contributed by atoms with Crippen molar-refractivity contribution in [3.63, 3.8) is 0 Å². The maximum Gasteiger partial charge on any atom is 0.0233 e. The number of likely N-dealkylation sites (N-methyl/N-ethyl adjacent to an activating group) is 1. The molecule has 0 aliphatic rings. The monoisotopic (exact) mass is 262 g/mol. The minimum atomic E-state index is 0.355. The first kappa shape index (κ1) is 16.2. The molecule has 0 amide bonds. The van der Waals surface area contributed by atoms with Gasteiger partial charge in [0.25, 0.3) is 0 Å². The molecular formula is C17H30N2. The number of benzene rings is 1. The van der Waals surface area contributed by atoms with Crippen molar-refractivity contribution in [3.05, 3.63) is 35.4 Å². The van der Waals surface area contributed by atoms with Crippen molar-refractivity contribution < 1.29 is 0 Å². The van der Waals surface area contributed by atoms with E-state index in [2.05, 4.69) is 69.2 Å². The van der Waals surface area contributed by atoms with Crippen LogP contribution in [-0.4, -0.2) is 31.6 Å². The maximum atomic E-state index is 3.40. The maximum absolute atomic E-state index is 3.40. The van der Waals surface area contributed by atoms with E-state index in [1.165, 1.54) is 11.1 Å². The Bertz CT molecular complexity index is 366. The van der Waals surface area contributed by atoms with Gasteiger partial charge in [-0.25, -0.2) is 0 Å². The quantitative estimate of drug-likeness (QED) is 0.758. The summed E-state index contributed by atoms with van der Waals surface area (Å²) < 4.78 is 0. The zero-order valence-electron chi connectivity index (χ0n) is 13.3. The predicted molar refractivity (Wildman–Crippen MR) is 84.5 cm³/mol. The standard InChI is InChI=1S/C17H30N2/c1-6-18-12-11-15-9-7-8-10-16(15)13-19(5)14-17(2,3)4/h7-10,18H,6,11-14H2,1-5H3. The van der Waals surface area contributed by atoms with Gasteiger partial charge in [0.2, 0.25) is 0 Å². The van der Waals surface area contributed by atoms with E-state index in [1.54, 1.807) is 0 Å². The molecular weight excluding hydrogens is 232 g/mol. The summed E-state index contributed by atoms with van der Waals surface area (Å²) in [6, 6.07) is 8.82. The molecule has 1 aromatic carbocycles. The van der Waals surface area contributed by atoms with Crippen molar-refractivity contribution in [2.45, 2.75) is 40.7 Å². The number of hydrogen-bond acceptors (Lipinski definition) is 2. The minimum absolute atomic E-state index is 0.355. The Hall–Kier alpha value is -0.860. The fourth-order valence-corrected chi connectivity index (χ4v) is 2.51. The molecule has 0 fully saturated rings. The first-order valence-corrected chi connectivity index (χ1v) is 7.38. The van der Waals surface area contributed by atoms with Gasteiger partial charge in [-0.2, -0.15) is 0 Å². The molecule has 0 bridgehead atoms. The van der Waals surface area contributed by atoms with Crippen LogP contribution in [0, 0.1) is 5.41 Å². The summed E-state index contributed by atoms with van der Waals surface area (Å²) in [6.45, 7) is 13.3. The van der Waals surface area contributed by atoms with Gasteiger partial charge in [-0.3, -0.25) is 0 Å². The second-order valence-corrected chi connectivity index (χ2v) is 6.61. The fraction of sp³-hybridized carbons (Fsp3) is 0.647. The number of nitrogens with zero attached hydrogens (tertiary/aromatic N) is 1. The Morgan fingerprint density at radius 2 is 1.74 bits per heavy atom. The lowest BCUT2D eigenvalue weighted by atomic mass is 9.95. The molecule has 0 atom stereocenters. The predicted octanol–water partition coefficient (Wildman–Crippen LogP) is 3.32. The van der Waals surface area contributed by atoms with E-state index in [0.717, 1.165) is 32.6 Å². The van der Waals surface area contributed by atoms with E-state index >= 15 is 0 Å². The van der Waals surface area contributed by atoms with Crippen LogP contribution in [-0.2, 0) is 13.0 Å². The van der Waals surface area contributed by atoms with Crippen molar-refractivity contribution in [1.82, 2.24) is 10.2 Å². The third-order valence-electron chi connectivity index (χ3n) is 3.12. The molecule has 0 saturated heterocycles. The summed E-state index contributed by atoms with van der Waals surface area (Å²) in [5, 5.41) is 3.40. The van der Waals surface area contributed by atoms with Gasteiger partial charge in [-0.15, -0.1) is 0 Å². The van der Waals surface area contributed by atoms with Gasteiger partial charge in [0.05, 0.1) is 0 Å². The van der Waals surface area contributed by atoms with Gasteiger partial charge in [0.1, 0.15) is 0 Å². The lowest BCUT2D eigenvalue weighted by molar-refractivity contribution is 0.220. The molecule has 0 unspecified atom stereocenters. The number of hydrogen-bond donors (Lipinski definition) is 1. The Morgan fingerprint density at radius 1 is 1.11 bits per heavy atom. The molecule has 0 radical (unpaired) electrons. The van der Waals surface area contributed by atoms with E-state index in [0.29, 0.717) is 5.41 Å². The molecule has 0 heterocycles. The number of nitrogens with one attached hydrogen (secondary N) is 1. The molecule has 0 aliphatic carbocycles. The molecule has 19 heavy (non-hydrogen) atoms. The summed E-state index contributed by atoms with van der Waals surface area (Å²) in [5.41, 5.74) is 3.30. The van der Waals surface area contributed by atoms with Gasteiger partial charge in [0.15, 0.2) is 0 Å². The zero-order chi connectivity index (χ0) is 14.3. The van der Waals surface area contributed by atoms with Gasteiger partial charge < -0.3 is 10.2 Å². The summed E-state index contributed by atoms with van der Waals surface area (Å²) in [7, 11) is 2.21. The van der Waals surface area contributed by atoms with Crippen molar-refractivity contribution in [3.8, 4) is 0 Å². The number of rotatable bonds is 7. The fourth-order valence-electron chi connectivity index (χ4n) is 2.51. The SMILES string of the molecule is CCNCCc1ccccc1CN(C)CC(C)(C)C. The van der Waals surface area contributed by atoms with Crippen molar-refractivity contribution >= 4 is 0 Å². The van der Waals surface area contributed by atoms with E-state index in [-0.39, 0.29) is 0 Å². The molecule has 0 aliphatic heterocycles. The molecule has 1 aromatic rings. The molecule has 2 nitrogen and oxygen atoms in total. The van der Waals surface area contributed by atoms with Gasteiger partial charge >= 0.3 is 0 Å². The van der Waals surface area contributed by atoms with E-state index in [9.17, 15) is 0 Å². The molecule has 1 N–H and O–H groups in total. The Labute approximate surface area is 119 Å². The van der Waals surface area contributed by atoms with Gasteiger partial charge in [0, 0.05) is 13.1 Å². The van der Waals surface area contributed by atoms with Crippen molar-refractivity contribution in [1.29, 1.82) is 0 Å². The van der Waals surface area contributed by atoms with Gasteiger partial charge in [-0.05, 0) is 43.1 Å². The van der Waals surface area contributed by atoms with Crippen LogP contribution >= 0.6 is 0 Å². The van der Waals surface area contributed by atoms with E-state index in [1.807, 2.05) is 0 Å². The van der Waals surface area contributed by atoms with Crippen LogP contribution in [0.3, 0.4) is 0 Å². The Morgan fingerprint density at radius 3 is 2.32 bits per heavy atom. The normalized spacial score (nSPS) is 12.1. The zero-order valence-corrected chi connectivity index (χ0v) is 13.3. The van der Waals surface area contributed by atoms with Crippen molar-refractivity contribution in [2.75, 3.05) is 26.7 Å². The second-order valence-electron chi connectivity index (χ2n) is 6.61. The topological polar surface area (TPSA) is 15.3 Å². The van der Waals surface area contributed by atoms with Crippen LogP contribution in [0.4, 0.5) is 0 Å². The Kier molecular flexibility index (Phi) is 6.53. The van der Waals surface area contributed by atoms with E-state index in [4.69, 9.17) is 0 Å². The minimum Gasteiger partial charge on any atom is -0.317 e. The summed E-state index contributed by atoms with van der Waals surface area (Å²) >= 11 is 0. The van der Waals surface area contributed by atoms with Crippen LogP contribution in [0.1, 0.15) is 38.8 Å². The molecule has 1 rings (SSSR count). The van der Waals surface area contributed by atoms with Crippen LogP contribution in [0.15, 0.2) is 24.3 Å². The Balaban J connectivity index is 2.61. The van der Waals surface area contributed by atoms with Crippen LogP contribution in [0.2, 0.25) is 0 Å². The molecule has 0 saturated carbocycles. The van der Waals surface area contributed by atoms with Gasteiger partial charge in [-0.1, -0.05) is 52.0 Å². The highest BCUT2D eigenvalue weighted by atomic mass is 15.1. The third kappa shape index (κ3) is 6.74. The van der Waals surface area contributed by atoms with E-state index < -0.39 is 0 Å². The average molecular weight is 262 g/mol. The highest BCUT2D eigenvalue weighted by Crippen LogP contribution is 2.17. The lowest BCUT2D eigenvalue weighted by Crippen LogP contribution is -2.29. The van der Waals surface area contributed by atoms with Crippen LogP contribution in [0.25, 0.3) is 0 Å². The summed E-state index contributed by atoms with van der Waals surface area (Å²) in [5.74, 6) is 0. The largest absolute Gasteiger partial charge is 0.317 e. The second kappa shape index (κ2) is 7.66. The third-order valence-corrected chi connectivity index (χ3v) is 3.12. The average Bonchev–Trinajstić information content (AvgIpc) is 2.29. The first-order valence-electron chi connectivity index (χ1n) is 7.38. The smallest absolute Gasteiger partial charge is 0.0233 e. The first-order chi connectivity index (χ1) is 8.92. The molecule has 0 aromatic heterocycles. The molecule has 108 valence electrons. The summed E-state index contributed by atoms with van der Waals surface area (Å²) in [4.78, 5) is 2.42. The van der Waals surface area contributed by atoms with Crippen LogP contribution in [0.5, 0.6) is 0 Å². The molecule has 2 heteroatoms. The van der Waals surface area contributed by atoms with Crippen molar-refractivity contribution in [2.24, 2.45) is 5.41 Å². The van der Waals surface area contributed by atoms with Crippen LogP contribution < -0.4 is 5.32 Å². The highest BCUT2D eigenvalue weighted by Gasteiger charge is 2.14. The molecule has 0 spiro atoms.